The van der Waals surface area contributed by atoms with Crippen LogP contribution in [0.1, 0.15) is 0 Å². The molecule has 0 fully saturated rings. The topological polar surface area (TPSA) is 18.5 Å². The van der Waals surface area contributed by atoms with Crippen molar-refractivity contribution in [1.82, 2.24) is 0 Å². The normalized spacial score (nSPS) is 11.6. The van der Waals surface area contributed by atoms with E-state index in [-0.39, 0.29) is 0 Å². The summed E-state index contributed by atoms with van der Waals surface area (Å²) in [6.07, 6.45) is 0. The summed E-state index contributed by atoms with van der Waals surface area (Å²) in [5.41, 5.74) is -8.09. The minimum absolute atomic E-state index is 0.366. The second-order valence-corrected chi connectivity index (χ2v) is 10.7. The molecule has 0 unspecified atom stereocenters. The molecule has 22 heteroatoms. The smallest absolute Gasteiger partial charge is 0.519 e. The van der Waals surface area contributed by atoms with Gasteiger partial charge in [-0.3, -0.25) is 0 Å². The molecule has 0 heterocycles. The predicted octanol–water partition coefficient (Wildman–Crippen LogP) is 10.2. The Morgan fingerprint density at radius 1 is 0.352 bits per heavy atom. The van der Waals surface area contributed by atoms with Gasteiger partial charge in [-0.2, -0.15) is 8.78 Å². The minimum atomic E-state index is -4.03. The molecule has 0 bridgehead atoms. The van der Waals surface area contributed by atoms with Crippen molar-refractivity contribution in [2.75, 3.05) is 0 Å². The van der Waals surface area contributed by atoms with E-state index in [1.54, 1.807) is 0 Å². The van der Waals surface area contributed by atoms with E-state index in [1.807, 2.05) is 0 Å². The Labute approximate surface area is 284 Å². The fourth-order valence-corrected chi connectivity index (χ4v) is 5.25. The monoisotopic (exact) mass is 792 g/mol. The zero-order chi connectivity index (χ0) is 40.0. The lowest BCUT2D eigenvalue weighted by Crippen LogP contribution is -2.48. The third-order valence-corrected chi connectivity index (χ3v) is 7.72. The summed E-state index contributed by atoms with van der Waals surface area (Å²) in [6, 6.07) is 2.65. The van der Waals surface area contributed by atoms with Crippen molar-refractivity contribution >= 4 is 34.1 Å². The number of rotatable bonds is 6. The summed E-state index contributed by atoms with van der Waals surface area (Å²) in [7, 11) is -4.03. The Hall–Kier alpha value is -5.83. The van der Waals surface area contributed by atoms with Gasteiger partial charge >= 0.3 is 7.12 Å². The Kier molecular flexibility index (Phi) is 9.29. The molecule has 0 aliphatic heterocycles. The molecule has 0 aromatic heterocycles. The van der Waals surface area contributed by atoms with Crippen LogP contribution in [-0.4, -0.2) is 7.12 Å². The summed E-state index contributed by atoms with van der Waals surface area (Å²) in [5.74, 6) is -59.4. The maximum atomic E-state index is 15.5. The molecule has 6 aromatic rings. The highest BCUT2D eigenvalue weighted by molar-refractivity contribution is 6.63. The third-order valence-electron chi connectivity index (χ3n) is 7.72. The molecule has 54 heavy (non-hydrogen) atoms. The fraction of sp³-hybridized carbons (Fsp3) is 0. The lowest BCUT2D eigenvalue weighted by molar-refractivity contribution is 0.354. The highest BCUT2D eigenvalue weighted by Crippen LogP contribution is 2.44. The zero-order valence-electron chi connectivity index (χ0n) is 24.9. The van der Waals surface area contributed by atoms with Crippen molar-refractivity contribution in [1.29, 1.82) is 0 Å². The zero-order valence-corrected chi connectivity index (χ0v) is 24.9. The van der Waals surface area contributed by atoms with Crippen LogP contribution < -0.4 is 14.8 Å². The average Bonchev–Trinajstić information content (AvgIpc) is 3.14. The van der Waals surface area contributed by atoms with Crippen LogP contribution in [0, 0.1) is 111 Å². The number of halogens is 19. The highest BCUT2D eigenvalue weighted by Gasteiger charge is 2.44. The standard InChI is InChI=1S/C32H4BF19O2/c34-7-3-1-2-5-4-6-9(13(35)8(5)7)14(36)23(45)29(51)31(6)53-33(12-18(40)24(46)27(49)25(47)19(12)41)54-32-11(17(39)22(44)28(50)30(32)52)10-15(37)20(42)26(48)21(43)16(10)38/h1-4H. The molecular formula is C32H4BF19O2. The van der Waals surface area contributed by atoms with E-state index in [1.165, 1.54) is 0 Å². The van der Waals surface area contributed by atoms with Crippen molar-refractivity contribution in [2.45, 2.75) is 0 Å². The van der Waals surface area contributed by atoms with Crippen LogP contribution in [0.25, 0.3) is 32.7 Å². The molecule has 2 nitrogen and oxygen atoms in total. The van der Waals surface area contributed by atoms with Crippen LogP contribution in [0.2, 0.25) is 0 Å². The fourth-order valence-electron chi connectivity index (χ4n) is 5.25. The van der Waals surface area contributed by atoms with E-state index in [0.29, 0.717) is 12.1 Å². The van der Waals surface area contributed by atoms with Crippen LogP contribution in [0.4, 0.5) is 83.4 Å². The van der Waals surface area contributed by atoms with E-state index >= 15 is 26.3 Å². The van der Waals surface area contributed by atoms with Gasteiger partial charge in [-0.1, -0.05) is 12.1 Å². The number of fused-ring (bicyclic) bond motifs is 2. The summed E-state index contributed by atoms with van der Waals surface area (Å²) >= 11 is 0. The molecule has 0 radical (unpaired) electrons. The van der Waals surface area contributed by atoms with Gasteiger partial charge < -0.3 is 9.31 Å². The lowest BCUT2D eigenvalue weighted by atomic mass is 9.76. The molecular weight excluding hydrogens is 788 g/mol. The first-order valence-electron chi connectivity index (χ1n) is 13.8. The number of benzene rings is 6. The van der Waals surface area contributed by atoms with E-state index in [4.69, 9.17) is 4.65 Å². The van der Waals surface area contributed by atoms with Crippen LogP contribution in [0.15, 0.2) is 24.3 Å². The minimum Gasteiger partial charge on any atom is -0.519 e. The highest BCUT2D eigenvalue weighted by atomic mass is 19.2. The molecule has 0 aliphatic rings. The van der Waals surface area contributed by atoms with Crippen molar-refractivity contribution in [2.24, 2.45) is 0 Å². The van der Waals surface area contributed by atoms with Crippen LogP contribution in [-0.2, 0) is 0 Å². The quantitative estimate of drug-likeness (QED) is 0.0550. The van der Waals surface area contributed by atoms with Gasteiger partial charge in [0.15, 0.2) is 81.4 Å². The largest absolute Gasteiger partial charge is 0.639 e. The molecule has 0 saturated heterocycles. The second kappa shape index (κ2) is 13.2. The maximum Gasteiger partial charge on any atom is 0.639 e. The summed E-state index contributed by atoms with van der Waals surface area (Å²) in [5, 5.41) is -5.03. The molecule has 280 valence electrons. The molecule has 0 N–H and O–H groups in total. The van der Waals surface area contributed by atoms with Gasteiger partial charge in [0.2, 0.25) is 23.3 Å². The number of hydrogen-bond acceptors (Lipinski definition) is 2. The van der Waals surface area contributed by atoms with Crippen LogP contribution in [0.3, 0.4) is 0 Å². The Bertz CT molecular complexity index is 2570. The Morgan fingerprint density at radius 3 is 1.30 bits per heavy atom. The molecule has 0 atom stereocenters. The van der Waals surface area contributed by atoms with Gasteiger partial charge in [0, 0.05) is 5.39 Å². The van der Waals surface area contributed by atoms with Gasteiger partial charge in [0.1, 0.15) is 17.4 Å². The molecule has 0 aliphatic carbocycles. The summed E-state index contributed by atoms with van der Waals surface area (Å²) in [4.78, 5) is 0. The Morgan fingerprint density at radius 2 is 0.759 bits per heavy atom. The first-order valence-corrected chi connectivity index (χ1v) is 13.8. The van der Waals surface area contributed by atoms with E-state index < -0.39 is 167 Å². The molecule has 6 aromatic carbocycles. The van der Waals surface area contributed by atoms with Gasteiger partial charge in [0.25, 0.3) is 0 Å². The van der Waals surface area contributed by atoms with E-state index in [2.05, 4.69) is 4.65 Å². The third kappa shape index (κ3) is 5.39. The SMILES string of the molecule is Fc1c(F)c(F)c(B(Oc2c(F)c(F)c(F)c(F)c2-c2c(F)c(F)c(F)c(F)c2F)Oc2c(F)c(F)c(F)c3c(F)c4c(F)cccc4cc23)c(F)c1F. The number of hydrogen-bond donors (Lipinski definition) is 0. The molecule has 0 amide bonds. The van der Waals surface area contributed by atoms with Crippen LogP contribution >= 0.6 is 0 Å². The first-order chi connectivity index (χ1) is 25.2. The molecule has 6 rings (SSSR count). The average molecular weight is 792 g/mol. The van der Waals surface area contributed by atoms with Gasteiger partial charge in [-0.25, -0.2) is 74.6 Å². The van der Waals surface area contributed by atoms with Gasteiger partial charge in [-0.05, 0) is 17.5 Å². The molecule has 0 saturated carbocycles. The molecule has 0 spiro atoms. The second-order valence-electron chi connectivity index (χ2n) is 10.7. The lowest BCUT2D eigenvalue weighted by Gasteiger charge is -2.23. The summed E-state index contributed by atoms with van der Waals surface area (Å²) < 4.78 is 289. The van der Waals surface area contributed by atoms with Crippen molar-refractivity contribution in [3.8, 4) is 22.6 Å². The van der Waals surface area contributed by atoms with Crippen molar-refractivity contribution < 1.29 is 92.7 Å². The first kappa shape index (κ1) is 37.9. The predicted molar refractivity (Wildman–Crippen MR) is 146 cm³/mol. The van der Waals surface area contributed by atoms with E-state index in [0.717, 1.165) is 12.1 Å². The van der Waals surface area contributed by atoms with E-state index in [9.17, 15) is 57.1 Å². The van der Waals surface area contributed by atoms with Crippen LogP contribution in [0.5, 0.6) is 11.5 Å². The maximum absolute atomic E-state index is 15.5. The van der Waals surface area contributed by atoms with Gasteiger partial charge in [-0.15, -0.1) is 0 Å². The Balaban J connectivity index is 1.74. The van der Waals surface area contributed by atoms with Crippen molar-refractivity contribution in [3.05, 3.63) is 135 Å². The van der Waals surface area contributed by atoms with Crippen molar-refractivity contribution in [3.63, 3.8) is 0 Å². The van der Waals surface area contributed by atoms with Gasteiger partial charge in [0.05, 0.1) is 27.4 Å². The summed E-state index contributed by atoms with van der Waals surface area (Å²) in [6.45, 7) is 0.